The quantitative estimate of drug-likeness (QED) is 0.689. The normalized spacial score (nSPS) is 12.9. The van der Waals surface area contributed by atoms with Crippen LogP contribution in [0.2, 0.25) is 0 Å². The monoisotopic (exact) mass is 312 g/mol. The minimum absolute atomic E-state index is 0.0857. The van der Waals surface area contributed by atoms with Crippen molar-refractivity contribution < 1.29 is 8.94 Å². The molecule has 0 amide bonds. The van der Waals surface area contributed by atoms with Crippen LogP contribution >= 0.6 is 0 Å². The first-order valence-corrected chi connectivity index (χ1v) is 7.60. The molecule has 0 spiro atoms. The molecule has 3 aromatic rings. The molecule has 2 aromatic heterocycles. The number of aromatic nitrogens is 1. The first-order chi connectivity index (χ1) is 11.0. The van der Waals surface area contributed by atoms with Crippen molar-refractivity contribution in [3.63, 3.8) is 0 Å². The summed E-state index contributed by atoms with van der Waals surface area (Å²) in [6.07, 6.45) is 1.57. The van der Waals surface area contributed by atoms with Crippen molar-refractivity contribution in [1.82, 2.24) is 10.1 Å². The highest BCUT2D eigenvalue weighted by Gasteiger charge is 2.17. The molecule has 0 aliphatic carbocycles. The van der Waals surface area contributed by atoms with Gasteiger partial charge < -0.3 is 8.94 Å². The third-order valence-electron chi connectivity index (χ3n) is 4.41. The average Bonchev–Trinajstić information content (AvgIpc) is 3.02. The second kappa shape index (κ2) is 6.01. The van der Waals surface area contributed by atoms with Crippen molar-refractivity contribution in [2.24, 2.45) is 0 Å². The van der Waals surface area contributed by atoms with E-state index in [1.807, 2.05) is 26.1 Å². The zero-order chi connectivity index (χ0) is 16.6. The summed E-state index contributed by atoms with van der Waals surface area (Å²) in [6.45, 7) is 6.76. The summed E-state index contributed by atoms with van der Waals surface area (Å²) in [6, 6.07) is 7.52. The summed E-state index contributed by atoms with van der Waals surface area (Å²) in [5.74, 6) is 0. The Labute approximate surface area is 134 Å². The van der Waals surface area contributed by atoms with Crippen molar-refractivity contribution in [1.29, 1.82) is 0 Å². The molecule has 0 aliphatic heterocycles. The second-order valence-electron chi connectivity index (χ2n) is 6.04. The highest BCUT2D eigenvalue weighted by atomic mass is 16.5. The van der Waals surface area contributed by atoms with Gasteiger partial charge in [-0.15, -0.1) is 0 Å². The van der Waals surface area contributed by atoms with Gasteiger partial charge in [-0.3, -0.25) is 4.90 Å². The molecular weight excluding hydrogens is 292 g/mol. The number of rotatable bonds is 4. The summed E-state index contributed by atoms with van der Waals surface area (Å²) in [5, 5.41) is 4.97. The molecular formula is C18H20N2O3. The molecule has 5 nitrogen and oxygen atoms in total. The summed E-state index contributed by atoms with van der Waals surface area (Å²) in [7, 11) is 2.00. The smallest absolute Gasteiger partial charge is 0.336 e. The number of hydrogen-bond donors (Lipinski definition) is 0. The molecule has 0 fully saturated rings. The third kappa shape index (κ3) is 3.05. The van der Waals surface area contributed by atoms with Crippen LogP contribution in [0.4, 0.5) is 0 Å². The first-order valence-electron chi connectivity index (χ1n) is 7.60. The van der Waals surface area contributed by atoms with Crippen LogP contribution < -0.4 is 5.63 Å². The van der Waals surface area contributed by atoms with E-state index in [0.717, 1.165) is 22.2 Å². The molecule has 1 atom stereocenters. The van der Waals surface area contributed by atoms with E-state index < -0.39 is 0 Å². The molecule has 1 aromatic carbocycles. The molecule has 2 heterocycles. The van der Waals surface area contributed by atoms with Crippen LogP contribution in [0.25, 0.3) is 11.0 Å². The van der Waals surface area contributed by atoms with E-state index in [1.165, 1.54) is 5.56 Å². The van der Waals surface area contributed by atoms with Gasteiger partial charge in [0, 0.05) is 24.1 Å². The Morgan fingerprint density at radius 2 is 1.96 bits per heavy atom. The predicted octanol–water partition coefficient (Wildman–Crippen LogP) is 3.59. The molecule has 0 saturated carbocycles. The number of benzene rings is 1. The molecule has 120 valence electrons. The molecule has 0 bridgehead atoms. The van der Waals surface area contributed by atoms with Crippen molar-refractivity contribution in [3.8, 4) is 0 Å². The minimum atomic E-state index is -0.321. The van der Waals surface area contributed by atoms with Gasteiger partial charge >= 0.3 is 5.63 Å². The number of nitrogens with zero attached hydrogens (tertiary/aromatic N) is 2. The maximum atomic E-state index is 11.9. The Morgan fingerprint density at radius 3 is 2.65 bits per heavy atom. The van der Waals surface area contributed by atoms with Gasteiger partial charge in [0.05, 0.1) is 6.04 Å². The summed E-state index contributed by atoms with van der Waals surface area (Å²) in [4.78, 5) is 14.0. The van der Waals surface area contributed by atoms with Gasteiger partial charge in [0.25, 0.3) is 0 Å². The van der Waals surface area contributed by atoms with Gasteiger partial charge in [0.1, 0.15) is 17.5 Å². The van der Waals surface area contributed by atoms with Gasteiger partial charge in [-0.2, -0.15) is 0 Å². The van der Waals surface area contributed by atoms with Gasteiger partial charge in [-0.1, -0.05) is 5.16 Å². The molecule has 0 radical (unpaired) electrons. The zero-order valence-electron chi connectivity index (χ0n) is 13.8. The SMILES string of the molecule is Cc1cc2oc(=O)cc(CN(C)[C@H](C)c3ccon3)c2cc1C. The number of fused-ring (bicyclic) bond motifs is 1. The van der Waals surface area contributed by atoms with Crippen LogP contribution in [0.1, 0.15) is 35.3 Å². The van der Waals surface area contributed by atoms with Gasteiger partial charge in [-0.05, 0) is 56.6 Å². The van der Waals surface area contributed by atoms with Crippen molar-refractivity contribution in [2.75, 3.05) is 7.05 Å². The molecule has 3 rings (SSSR count). The van der Waals surface area contributed by atoms with Gasteiger partial charge in [0.15, 0.2) is 0 Å². The van der Waals surface area contributed by atoms with Crippen molar-refractivity contribution in [3.05, 3.63) is 63.3 Å². The summed E-state index contributed by atoms with van der Waals surface area (Å²) >= 11 is 0. The van der Waals surface area contributed by atoms with E-state index in [4.69, 9.17) is 8.94 Å². The van der Waals surface area contributed by atoms with Crippen LogP contribution in [-0.2, 0) is 6.54 Å². The Morgan fingerprint density at radius 1 is 1.22 bits per heavy atom. The van der Waals surface area contributed by atoms with E-state index in [2.05, 4.69) is 30.0 Å². The van der Waals surface area contributed by atoms with E-state index in [0.29, 0.717) is 12.1 Å². The predicted molar refractivity (Wildman–Crippen MR) is 88.3 cm³/mol. The fraction of sp³-hybridized carbons (Fsp3) is 0.333. The summed E-state index contributed by atoms with van der Waals surface area (Å²) in [5.41, 5.74) is 4.43. The minimum Gasteiger partial charge on any atom is -0.423 e. The molecule has 0 unspecified atom stereocenters. The Bertz CT molecular complexity index is 881. The topological polar surface area (TPSA) is 59.5 Å². The van der Waals surface area contributed by atoms with Crippen LogP contribution in [0.15, 0.2) is 44.3 Å². The molecule has 5 heteroatoms. The van der Waals surface area contributed by atoms with Crippen molar-refractivity contribution >= 4 is 11.0 Å². The Hall–Kier alpha value is -2.40. The first kappa shape index (κ1) is 15.5. The Kier molecular flexibility index (Phi) is 4.05. The third-order valence-corrected chi connectivity index (χ3v) is 4.41. The second-order valence-corrected chi connectivity index (χ2v) is 6.04. The summed E-state index contributed by atoms with van der Waals surface area (Å²) < 4.78 is 10.3. The van der Waals surface area contributed by atoms with E-state index in [1.54, 1.807) is 12.3 Å². The van der Waals surface area contributed by atoms with Crippen molar-refractivity contribution in [2.45, 2.75) is 33.4 Å². The Balaban J connectivity index is 1.99. The van der Waals surface area contributed by atoms with Gasteiger partial charge in [0.2, 0.25) is 0 Å². The largest absolute Gasteiger partial charge is 0.423 e. The highest BCUT2D eigenvalue weighted by Crippen LogP contribution is 2.25. The number of aryl methyl sites for hydroxylation is 2. The van der Waals surface area contributed by atoms with E-state index in [9.17, 15) is 4.79 Å². The highest BCUT2D eigenvalue weighted by molar-refractivity contribution is 5.81. The van der Waals surface area contributed by atoms with Gasteiger partial charge in [-0.25, -0.2) is 4.79 Å². The lowest BCUT2D eigenvalue weighted by Crippen LogP contribution is -2.23. The number of hydrogen-bond acceptors (Lipinski definition) is 5. The molecule has 0 aliphatic rings. The lowest BCUT2D eigenvalue weighted by atomic mass is 10.0. The van der Waals surface area contributed by atoms with Crippen LogP contribution in [0, 0.1) is 13.8 Å². The van der Waals surface area contributed by atoms with E-state index >= 15 is 0 Å². The zero-order valence-corrected chi connectivity index (χ0v) is 13.8. The van der Waals surface area contributed by atoms with Crippen LogP contribution in [0.3, 0.4) is 0 Å². The maximum Gasteiger partial charge on any atom is 0.336 e. The lowest BCUT2D eigenvalue weighted by Gasteiger charge is -2.23. The fourth-order valence-corrected chi connectivity index (χ4v) is 2.68. The fourth-order valence-electron chi connectivity index (χ4n) is 2.68. The molecule has 0 N–H and O–H groups in total. The van der Waals surface area contributed by atoms with Crippen LogP contribution in [-0.4, -0.2) is 17.1 Å². The maximum absolute atomic E-state index is 11.9. The average molecular weight is 312 g/mol. The van der Waals surface area contributed by atoms with Crippen LogP contribution in [0.5, 0.6) is 0 Å². The van der Waals surface area contributed by atoms with E-state index in [-0.39, 0.29) is 11.7 Å². The molecule has 0 saturated heterocycles. The molecule has 23 heavy (non-hydrogen) atoms. The standard InChI is InChI=1S/C18H20N2O3/c1-11-7-15-14(9-18(21)23-17(15)8-12(11)2)10-20(4)13(3)16-5-6-22-19-16/h5-9,13H,10H2,1-4H3/t13-/m1/s1. The lowest BCUT2D eigenvalue weighted by molar-refractivity contribution is 0.241.